The van der Waals surface area contributed by atoms with Gasteiger partial charge in [-0.2, -0.15) is 4.98 Å². The molecule has 0 N–H and O–H groups in total. The second-order valence-electron chi connectivity index (χ2n) is 3.39. The molecule has 0 radical (unpaired) electrons. The van der Waals surface area contributed by atoms with Crippen molar-refractivity contribution >= 4 is 15.9 Å². The highest BCUT2D eigenvalue weighted by atomic mass is 79.9. The number of aryl methyl sites for hydroxylation is 1. The fourth-order valence-electron chi connectivity index (χ4n) is 1.13. The molecule has 1 aromatic rings. The predicted molar refractivity (Wildman–Crippen MR) is 65.7 cm³/mol. The van der Waals surface area contributed by atoms with Gasteiger partial charge in [0.1, 0.15) is 17.0 Å². The molecular weight excluding hydrogens is 272 g/mol. The summed E-state index contributed by atoms with van der Waals surface area (Å²) in [5.74, 6) is 1.27. The summed E-state index contributed by atoms with van der Waals surface area (Å²) in [5.41, 5.74) is 0. The van der Waals surface area contributed by atoms with Crippen molar-refractivity contribution in [1.29, 1.82) is 0 Å². The number of unbranched alkanes of at least 4 members (excludes halogenated alkanes) is 1. The smallest absolute Gasteiger partial charge is 0.217 e. The summed E-state index contributed by atoms with van der Waals surface area (Å²) in [5, 5.41) is 0. The molecule has 0 aliphatic rings. The molecule has 0 amide bonds. The Morgan fingerprint density at radius 3 is 2.75 bits per heavy atom. The Morgan fingerprint density at radius 2 is 2.06 bits per heavy atom. The molecule has 4 nitrogen and oxygen atoms in total. The lowest BCUT2D eigenvalue weighted by Crippen LogP contribution is -2.08. The summed E-state index contributed by atoms with van der Waals surface area (Å²) in [4.78, 5) is 8.25. The molecule has 0 saturated carbocycles. The third-order valence-corrected chi connectivity index (χ3v) is 2.31. The molecular formula is C11H17BrN2O2. The van der Waals surface area contributed by atoms with Crippen LogP contribution in [0.2, 0.25) is 0 Å². The van der Waals surface area contributed by atoms with Crippen LogP contribution >= 0.6 is 15.9 Å². The van der Waals surface area contributed by atoms with E-state index in [-0.39, 0.29) is 0 Å². The van der Waals surface area contributed by atoms with Gasteiger partial charge >= 0.3 is 0 Å². The van der Waals surface area contributed by atoms with E-state index < -0.39 is 0 Å². The van der Waals surface area contributed by atoms with Gasteiger partial charge < -0.3 is 9.47 Å². The number of rotatable bonds is 7. The van der Waals surface area contributed by atoms with Crippen molar-refractivity contribution in [3.05, 3.63) is 16.5 Å². The van der Waals surface area contributed by atoms with Gasteiger partial charge in [-0.05, 0) is 29.3 Å². The van der Waals surface area contributed by atoms with Crippen LogP contribution in [0, 0.1) is 6.92 Å². The molecule has 0 spiro atoms. The van der Waals surface area contributed by atoms with Gasteiger partial charge in [-0.15, -0.1) is 0 Å². The van der Waals surface area contributed by atoms with Gasteiger partial charge in [0, 0.05) is 12.7 Å². The van der Waals surface area contributed by atoms with E-state index in [2.05, 4.69) is 32.8 Å². The SMILES string of the molecule is CCCCOCCOc1cc(Br)nc(C)n1. The normalized spacial score (nSPS) is 10.4. The molecule has 1 aromatic heterocycles. The van der Waals surface area contributed by atoms with Crippen molar-refractivity contribution in [2.24, 2.45) is 0 Å². The van der Waals surface area contributed by atoms with Crippen molar-refractivity contribution in [3.8, 4) is 5.88 Å². The second kappa shape index (κ2) is 7.57. The monoisotopic (exact) mass is 288 g/mol. The van der Waals surface area contributed by atoms with E-state index in [1.54, 1.807) is 6.07 Å². The van der Waals surface area contributed by atoms with E-state index in [0.717, 1.165) is 24.1 Å². The molecule has 0 aliphatic carbocycles. The largest absolute Gasteiger partial charge is 0.475 e. The fourth-order valence-corrected chi connectivity index (χ4v) is 1.59. The minimum absolute atomic E-state index is 0.520. The first kappa shape index (κ1) is 13.4. The first-order valence-corrected chi connectivity index (χ1v) is 6.23. The standard InChI is InChI=1S/C11H17BrN2O2/c1-3-4-5-15-6-7-16-11-8-10(12)13-9(2)14-11/h8H,3-7H2,1-2H3. The van der Waals surface area contributed by atoms with Crippen molar-refractivity contribution in [2.45, 2.75) is 26.7 Å². The highest BCUT2D eigenvalue weighted by molar-refractivity contribution is 9.10. The van der Waals surface area contributed by atoms with E-state index in [9.17, 15) is 0 Å². The fraction of sp³-hybridized carbons (Fsp3) is 0.636. The first-order chi connectivity index (χ1) is 7.72. The van der Waals surface area contributed by atoms with Crippen LogP contribution in [0.15, 0.2) is 10.7 Å². The Hall–Kier alpha value is -0.680. The van der Waals surface area contributed by atoms with E-state index in [1.165, 1.54) is 0 Å². The van der Waals surface area contributed by atoms with Gasteiger partial charge in [-0.3, -0.25) is 0 Å². The second-order valence-corrected chi connectivity index (χ2v) is 4.20. The summed E-state index contributed by atoms with van der Waals surface area (Å²) >= 11 is 3.29. The summed E-state index contributed by atoms with van der Waals surface area (Å²) in [6.45, 7) is 5.88. The van der Waals surface area contributed by atoms with Crippen LogP contribution in [0.3, 0.4) is 0 Å². The lowest BCUT2D eigenvalue weighted by atomic mass is 10.4. The Morgan fingerprint density at radius 1 is 1.25 bits per heavy atom. The van der Waals surface area contributed by atoms with E-state index >= 15 is 0 Å². The minimum Gasteiger partial charge on any atom is -0.475 e. The summed E-state index contributed by atoms with van der Waals surface area (Å²) in [6, 6.07) is 1.75. The highest BCUT2D eigenvalue weighted by Crippen LogP contribution is 2.13. The van der Waals surface area contributed by atoms with Gasteiger partial charge in [0.15, 0.2) is 0 Å². The Bertz CT molecular complexity index is 301. The molecule has 0 atom stereocenters. The van der Waals surface area contributed by atoms with E-state index in [0.29, 0.717) is 24.9 Å². The van der Waals surface area contributed by atoms with Crippen LogP contribution in [0.1, 0.15) is 25.6 Å². The van der Waals surface area contributed by atoms with Crippen LogP contribution in [-0.2, 0) is 4.74 Å². The third-order valence-electron chi connectivity index (χ3n) is 1.90. The molecule has 0 fully saturated rings. The molecule has 1 rings (SSSR count). The number of hydrogen-bond acceptors (Lipinski definition) is 4. The number of halogens is 1. The summed E-state index contributed by atoms with van der Waals surface area (Å²) in [6.07, 6.45) is 2.25. The van der Waals surface area contributed by atoms with Crippen molar-refractivity contribution in [1.82, 2.24) is 9.97 Å². The lowest BCUT2D eigenvalue weighted by Gasteiger charge is -2.06. The molecule has 90 valence electrons. The maximum Gasteiger partial charge on any atom is 0.217 e. The van der Waals surface area contributed by atoms with Gasteiger partial charge in [-0.25, -0.2) is 4.98 Å². The van der Waals surface area contributed by atoms with E-state index in [4.69, 9.17) is 9.47 Å². The van der Waals surface area contributed by atoms with Crippen molar-refractivity contribution in [3.63, 3.8) is 0 Å². The van der Waals surface area contributed by atoms with Gasteiger partial charge in [0.25, 0.3) is 0 Å². The third kappa shape index (κ3) is 5.42. The molecule has 16 heavy (non-hydrogen) atoms. The van der Waals surface area contributed by atoms with Crippen LogP contribution in [0.25, 0.3) is 0 Å². The van der Waals surface area contributed by atoms with Gasteiger partial charge in [0.05, 0.1) is 6.61 Å². The molecule has 0 bridgehead atoms. The number of nitrogens with zero attached hydrogens (tertiary/aromatic N) is 2. The maximum absolute atomic E-state index is 5.44. The Labute approximate surface area is 105 Å². The number of aromatic nitrogens is 2. The van der Waals surface area contributed by atoms with Crippen LogP contribution in [0.4, 0.5) is 0 Å². The molecule has 0 aromatic carbocycles. The minimum atomic E-state index is 0.520. The van der Waals surface area contributed by atoms with Crippen LogP contribution in [0.5, 0.6) is 5.88 Å². The predicted octanol–water partition coefficient (Wildman–Crippen LogP) is 2.74. The topological polar surface area (TPSA) is 44.2 Å². The molecule has 0 aliphatic heterocycles. The molecule has 1 heterocycles. The zero-order valence-corrected chi connectivity index (χ0v) is 11.3. The Balaban J connectivity index is 2.21. The van der Waals surface area contributed by atoms with Crippen molar-refractivity contribution < 1.29 is 9.47 Å². The molecule has 0 unspecified atom stereocenters. The van der Waals surface area contributed by atoms with Gasteiger partial charge in [-0.1, -0.05) is 13.3 Å². The number of hydrogen-bond donors (Lipinski definition) is 0. The van der Waals surface area contributed by atoms with E-state index in [1.807, 2.05) is 6.92 Å². The lowest BCUT2D eigenvalue weighted by molar-refractivity contribution is 0.0964. The average molecular weight is 289 g/mol. The van der Waals surface area contributed by atoms with Crippen LogP contribution < -0.4 is 4.74 Å². The highest BCUT2D eigenvalue weighted by Gasteiger charge is 2.00. The Kier molecular flexibility index (Phi) is 6.33. The molecule has 0 saturated heterocycles. The maximum atomic E-state index is 5.44. The molecule has 5 heteroatoms. The van der Waals surface area contributed by atoms with Crippen LogP contribution in [-0.4, -0.2) is 29.8 Å². The quantitative estimate of drug-likeness (QED) is 0.572. The average Bonchev–Trinajstić information content (AvgIpc) is 2.22. The number of ether oxygens (including phenoxy) is 2. The zero-order valence-electron chi connectivity index (χ0n) is 9.70. The summed E-state index contributed by atoms with van der Waals surface area (Å²) in [7, 11) is 0. The van der Waals surface area contributed by atoms with Gasteiger partial charge in [0.2, 0.25) is 5.88 Å². The summed E-state index contributed by atoms with van der Waals surface area (Å²) < 4.78 is 11.6. The van der Waals surface area contributed by atoms with Crippen molar-refractivity contribution in [2.75, 3.05) is 19.8 Å². The first-order valence-electron chi connectivity index (χ1n) is 5.44. The zero-order chi connectivity index (χ0) is 11.8.